The summed E-state index contributed by atoms with van der Waals surface area (Å²) in [5, 5.41) is 6.56. The van der Waals surface area contributed by atoms with Crippen molar-refractivity contribution >= 4 is 23.7 Å². The minimum atomic E-state index is -0.339. The zero-order valence-electron chi connectivity index (χ0n) is 12.2. The lowest BCUT2D eigenvalue weighted by Gasteiger charge is -2.05. The fourth-order valence-electron chi connectivity index (χ4n) is 1.74. The number of anilines is 1. The molecule has 0 unspecified atom stereocenters. The first-order valence-corrected chi connectivity index (χ1v) is 6.96. The van der Waals surface area contributed by atoms with E-state index in [0.717, 1.165) is 6.42 Å². The maximum absolute atomic E-state index is 11.9. The van der Waals surface area contributed by atoms with Crippen LogP contribution in [-0.2, 0) is 4.79 Å². The van der Waals surface area contributed by atoms with Crippen molar-refractivity contribution in [3.63, 3.8) is 0 Å². The molecule has 6 heteroatoms. The van der Waals surface area contributed by atoms with E-state index < -0.39 is 0 Å². The van der Waals surface area contributed by atoms with Crippen LogP contribution in [0.4, 0.5) is 5.69 Å². The molecule has 6 nitrogen and oxygen atoms in total. The second kappa shape index (κ2) is 7.78. The molecule has 0 bridgehead atoms. The van der Waals surface area contributed by atoms with Gasteiger partial charge in [-0.2, -0.15) is 5.10 Å². The van der Waals surface area contributed by atoms with E-state index >= 15 is 0 Å². The van der Waals surface area contributed by atoms with E-state index in [1.54, 1.807) is 36.4 Å². The second-order valence-corrected chi connectivity index (χ2v) is 4.59. The van der Waals surface area contributed by atoms with Gasteiger partial charge in [0.2, 0.25) is 5.91 Å². The quantitative estimate of drug-likeness (QED) is 0.635. The van der Waals surface area contributed by atoms with Gasteiger partial charge in [0, 0.05) is 17.7 Å². The number of carbonyl (C=O) groups excluding carboxylic acids is 2. The third kappa shape index (κ3) is 4.59. The van der Waals surface area contributed by atoms with Crippen molar-refractivity contribution < 1.29 is 14.0 Å². The molecule has 2 aromatic rings. The van der Waals surface area contributed by atoms with Crippen LogP contribution in [-0.4, -0.2) is 18.0 Å². The topological polar surface area (TPSA) is 83.7 Å². The smallest absolute Gasteiger partial charge is 0.271 e. The fraction of sp³-hybridized carbons (Fsp3) is 0.188. The third-order valence-electron chi connectivity index (χ3n) is 2.81. The summed E-state index contributed by atoms with van der Waals surface area (Å²) in [5.41, 5.74) is 3.51. The molecule has 1 aromatic carbocycles. The average molecular weight is 299 g/mol. The van der Waals surface area contributed by atoms with Crippen molar-refractivity contribution in [1.82, 2.24) is 5.43 Å². The predicted molar refractivity (Wildman–Crippen MR) is 83.7 cm³/mol. The highest BCUT2D eigenvalue weighted by atomic mass is 16.3. The molecule has 22 heavy (non-hydrogen) atoms. The summed E-state index contributed by atoms with van der Waals surface area (Å²) < 4.78 is 5.05. The van der Waals surface area contributed by atoms with E-state index in [-0.39, 0.29) is 11.8 Å². The van der Waals surface area contributed by atoms with Crippen molar-refractivity contribution in [3.8, 4) is 0 Å². The van der Waals surface area contributed by atoms with Gasteiger partial charge in [-0.15, -0.1) is 0 Å². The molecule has 1 heterocycles. The minimum Gasteiger partial charge on any atom is -0.463 e. The first-order valence-electron chi connectivity index (χ1n) is 6.96. The van der Waals surface area contributed by atoms with Crippen LogP contribution in [0.2, 0.25) is 0 Å². The van der Waals surface area contributed by atoms with Gasteiger partial charge in [-0.1, -0.05) is 6.92 Å². The lowest BCUT2D eigenvalue weighted by Crippen LogP contribution is -2.17. The number of benzene rings is 1. The molecule has 2 rings (SSSR count). The largest absolute Gasteiger partial charge is 0.463 e. The van der Waals surface area contributed by atoms with E-state index in [1.807, 2.05) is 6.92 Å². The van der Waals surface area contributed by atoms with Gasteiger partial charge >= 0.3 is 0 Å². The van der Waals surface area contributed by atoms with Crippen LogP contribution < -0.4 is 10.7 Å². The number of rotatable bonds is 6. The Kier molecular flexibility index (Phi) is 5.48. The lowest BCUT2D eigenvalue weighted by atomic mass is 10.2. The van der Waals surface area contributed by atoms with Crippen LogP contribution in [0.1, 0.15) is 35.9 Å². The zero-order valence-corrected chi connectivity index (χ0v) is 12.2. The SMILES string of the molecule is CCCC(=O)Nc1ccc(C(=O)NN=Cc2ccco2)cc1. The molecule has 0 atom stereocenters. The normalized spacial score (nSPS) is 10.6. The molecule has 0 saturated heterocycles. The summed E-state index contributed by atoms with van der Waals surface area (Å²) in [7, 11) is 0. The molecule has 0 fully saturated rings. The van der Waals surface area contributed by atoms with Crippen LogP contribution in [0.3, 0.4) is 0 Å². The van der Waals surface area contributed by atoms with Crippen LogP contribution >= 0.6 is 0 Å². The maximum atomic E-state index is 11.9. The minimum absolute atomic E-state index is 0.0391. The molecule has 0 aliphatic heterocycles. The van der Waals surface area contributed by atoms with Crippen molar-refractivity contribution in [2.24, 2.45) is 5.10 Å². The van der Waals surface area contributed by atoms with Gasteiger partial charge in [0.25, 0.3) is 5.91 Å². The Morgan fingerprint density at radius 2 is 2.00 bits per heavy atom. The summed E-state index contributed by atoms with van der Waals surface area (Å²) in [4.78, 5) is 23.3. The van der Waals surface area contributed by atoms with E-state index in [2.05, 4.69) is 15.8 Å². The Labute approximate surface area is 128 Å². The van der Waals surface area contributed by atoms with E-state index in [9.17, 15) is 9.59 Å². The second-order valence-electron chi connectivity index (χ2n) is 4.59. The Balaban J connectivity index is 1.89. The first-order chi connectivity index (χ1) is 10.7. The summed E-state index contributed by atoms with van der Waals surface area (Å²) in [6.07, 6.45) is 4.20. The zero-order chi connectivity index (χ0) is 15.8. The van der Waals surface area contributed by atoms with Gasteiger partial charge in [-0.05, 0) is 42.8 Å². The number of hydrogen-bond acceptors (Lipinski definition) is 4. The molecule has 0 radical (unpaired) electrons. The highest BCUT2D eigenvalue weighted by molar-refractivity contribution is 5.96. The van der Waals surface area contributed by atoms with Crippen LogP contribution in [0.5, 0.6) is 0 Å². The predicted octanol–water partition coefficient (Wildman–Crippen LogP) is 2.78. The molecule has 114 valence electrons. The van der Waals surface area contributed by atoms with Crippen molar-refractivity contribution in [2.45, 2.75) is 19.8 Å². The molecule has 0 aliphatic carbocycles. The third-order valence-corrected chi connectivity index (χ3v) is 2.81. The number of nitrogens with zero attached hydrogens (tertiary/aromatic N) is 1. The number of furan rings is 1. The molecular weight excluding hydrogens is 282 g/mol. The highest BCUT2D eigenvalue weighted by Crippen LogP contribution is 2.10. The van der Waals surface area contributed by atoms with Gasteiger partial charge in [0.15, 0.2) is 0 Å². The molecule has 1 aromatic heterocycles. The van der Waals surface area contributed by atoms with Gasteiger partial charge < -0.3 is 9.73 Å². The maximum Gasteiger partial charge on any atom is 0.271 e. The standard InChI is InChI=1S/C16H17N3O3/c1-2-4-15(20)18-13-8-6-12(7-9-13)16(21)19-17-11-14-5-3-10-22-14/h3,5-11H,2,4H2,1H3,(H,18,20)(H,19,21). The van der Waals surface area contributed by atoms with Crippen molar-refractivity contribution in [2.75, 3.05) is 5.32 Å². The van der Waals surface area contributed by atoms with Gasteiger partial charge in [0.05, 0.1) is 12.5 Å². The Hall–Kier alpha value is -2.89. The average Bonchev–Trinajstić information content (AvgIpc) is 3.01. The summed E-state index contributed by atoms with van der Waals surface area (Å²) >= 11 is 0. The summed E-state index contributed by atoms with van der Waals surface area (Å²) in [6, 6.07) is 10.1. The van der Waals surface area contributed by atoms with Crippen LogP contribution in [0.15, 0.2) is 52.2 Å². The molecule has 2 amide bonds. The molecule has 2 N–H and O–H groups in total. The number of hydrazone groups is 1. The van der Waals surface area contributed by atoms with E-state index in [0.29, 0.717) is 23.4 Å². The van der Waals surface area contributed by atoms with Crippen molar-refractivity contribution in [1.29, 1.82) is 0 Å². The van der Waals surface area contributed by atoms with Crippen molar-refractivity contribution in [3.05, 3.63) is 54.0 Å². The van der Waals surface area contributed by atoms with Crippen LogP contribution in [0, 0.1) is 0 Å². The van der Waals surface area contributed by atoms with E-state index in [1.165, 1.54) is 12.5 Å². The Morgan fingerprint density at radius 1 is 1.23 bits per heavy atom. The molecule has 0 aliphatic rings. The number of hydrogen-bond donors (Lipinski definition) is 2. The number of amides is 2. The lowest BCUT2D eigenvalue weighted by molar-refractivity contribution is -0.116. The van der Waals surface area contributed by atoms with E-state index in [4.69, 9.17) is 4.42 Å². The molecule has 0 spiro atoms. The Morgan fingerprint density at radius 3 is 2.64 bits per heavy atom. The van der Waals surface area contributed by atoms with Gasteiger partial charge in [0.1, 0.15) is 5.76 Å². The molecular formula is C16H17N3O3. The first kappa shape index (κ1) is 15.5. The summed E-state index contributed by atoms with van der Waals surface area (Å²) in [6.45, 7) is 1.94. The highest BCUT2D eigenvalue weighted by Gasteiger charge is 2.05. The van der Waals surface area contributed by atoms with Gasteiger partial charge in [-0.25, -0.2) is 5.43 Å². The number of carbonyl (C=O) groups is 2. The van der Waals surface area contributed by atoms with Crippen LogP contribution in [0.25, 0.3) is 0 Å². The number of nitrogens with one attached hydrogen (secondary N) is 2. The molecule has 0 saturated carbocycles. The summed E-state index contributed by atoms with van der Waals surface area (Å²) in [5.74, 6) is 0.172. The van der Waals surface area contributed by atoms with Gasteiger partial charge in [-0.3, -0.25) is 9.59 Å². The Bertz CT molecular complexity index is 646. The monoisotopic (exact) mass is 299 g/mol. The fourth-order valence-corrected chi connectivity index (χ4v) is 1.74.